The lowest BCUT2D eigenvalue weighted by Gasteiger charge is -2.23. The van der Waals surface area contributed by atoms with E-state index in [2.05, 4.69) is 10.6 Å². The number of piperidine rings is 1. The first-order valence-corrected chi connectivity index (χ1v) is 7.87. The third kappa shape index (κ3) is 3.84. The molecular weight excluding hydrogens is 331 g/mol. The molecule has 1 heterocycles. The summed E-state index contributed by atoms with van der Waals surface area (Å²) in [6.07, 6.45) is 3.05. The first-order chi connectivity index (χ1) is 9.66. The summed E-state index contributed by atoms with van der Waals surface area (Å²) in [5.74, 6) is 0.422. The van der Waals surface area contributed by atoms with E-state index in [0.29, 0.717) is 10.0 Å². The maximum atomic E-state index is 12.2. The van der Waals surface area contributed by atoms with Crippen LogP contribution in [0.4, 0.5) is 0 Å². The average Bonchev–Trinajstić information content (AvgIpc) is 3.23. The Morgan fingerprint density at radius 3 is 2.86 bits per heavy atom. The predicted octanol–water partition coefficient (Wildman–Crippen LogP) is 3.39. The van der Waals surface area contributed by atoms with E-state index < -0.39 is 0 Å². The Morgan fingerprint density at radius 1 is 1.33 bits per heavy atom. The van der Waals surface area contributed by atoms with Crippen LogP contribution < -0.4 is 10.6 Å². The van der Waals surface area contributed by atoms with Crippen LogP contribution in [0.5, 0.6) is 0 Å². The zero-order valence-electron chi connectivity index (χ0n) is 11.6. The molecule has 2 fully saturated rings. The number of halogens is 3. The Morgan fingerprint density at radius 2 is 2.14 bits per heavy atom. The van der Waals surface area contributed by atoms with Gasteiger partial charge in [0.1, 0.15) is 0 Å². The molecule has 1 aliphatic carbocycles. The molecule has 1 saturated carbocycles. The van der Waals surface area contributed by atoms with Crippen molar-refractivity contribution in [3.8, 4) is 0 Å². The van der Waals surface area contributed by atoms with Gasteiger partial charge in [0, 0.05) is 18.5 Å². The number of hydrogen-bond donors (Lipinski definition) is 2. The monoisotopic (exact) mass is 348 g/mol. The summed E-state index contributed by atoms with van der Waals surface area (Å²) >= 11 is 12.2. The summed E-state index contributed by atoms with van der Waals surface area (Å²) in [6.45, 7) is 1.93. The van der Waals surface area contributed by atoms with Crippen molar-refractivity contribution < 1.29 is 4.79 Å². The highest BCUT2D eigenvalue weighted by Crippen LogP contribution is 2.50. The highest BCUT2D eigenvalue weighted by atomic mass is 35.5. The lowest BCUT2D eigenvalue weighted by atomic mass is 10.1. The van der Waals surface area contributed by atoms with Crippen molar-refractivity contribution in [1.29, 1.82) is 0 Å². The molecule has 0 spiro atoms. The third-order valence-electron chi connectivity index (χ3n) is 4.15. The van der Waals surface area contributed by atoms with E-state index in [4.69, 9.17) is 23.2 Å². The minimum absolute atomic E-state index is 0. The van der Waals surface area contributed by atoms with Crippen molar-refractivity contribution in [2.75, 3.05) is 13.1 Å². The third-order valence-corrected chi connectivity index (χ3v) is 4.98. The molecule has 0 bridgehead atoms. The van der Waals surface area contributed by atoms with Gasteiger partial charge in [-0.05, 0) is 43.4 Å². The Labute approximate surface area is 141 Å². The van der Waals surface area contributed by atoms with Gasteiger partial charge in [0.25, 0.3) is 0 Å². The summed E-state index contributed by atoms with van der Waals surface area (Å²) in [5.41, 5.74) is 1.00. The molecule has 1 saturated heterocycles. The molecule has 2 aliphatic rings. The van der Waals surface area contributed by atoms with Crippen LogP contribution in [0.25, 0.3) is 0 Å². The summed E-state index contributed by atoms with van der Waals surface area (Å²) in [7, 11) is 0. The van der Waals surface area contributed by atoms with Crippen LogP contribution in [-0.2, 0) is 4.79 Å². The van der Waals surface area contributed by atoms with E-state index in [-0.39, 0.29) is 36.2 Å². The molecule has 1 amide bonds. The van der Waals surface area contributed by atoms with E-state index in [1.807, 2.05) is 12.1 Å². The van der Waals surface area contributed by atoms with Gasteiger partial charge in [-0.15, -0.1) is 12.4 Å². The van der Waals surface area contributed by atoms with Crippen molar-refractivity contribution in [2.45, 2.75) is 31.2 Å². The molecule has 6 heteroatoms. The quantitative estimate of drug-likeness (QED) is 0.878. The SMILES string of the molecule is Cl.O=C(NC1CCCNC1)C1CC1c1cccc(Cl)c1Cl. The number of hydrogen-bond acceptors (Lipinski definition) is 2. The van der Waals surface area contributed by atoms with Gasteiger partial charge in [0.2, 0.25) is 5.91 Å². The molecular formula is C15H19Cl3N2O. The van der Waals surface area contributed by atoms with Gasteiger partial charge in [-0.3, -0.25) is 4.79 Å². The average molecular weight is 350 g/mol. The van der Waals surface area contributed by atoms with Crippen molar-refractivity contribution in [2.24, 2.45) is 5.92 Å². The van der Waals surface area contributed by atoms with Gasteiger partial charge in [-0.25, -0.2) is 0 Å². The van der Waals surface area contributed by atoms with Crippen LogP contribution >= 0.6 is 35.6 Å². The van der Waals surface area contributed by atoms with Gasteiger partial charge in [-0.1, -0.05) is 35.3 Å². The fourth-order valence-electron chi connectivity index (χ4n) is 2.92. The Hall–Kier alpha value is -0.480. The van der Waals surface area contributed by atoms with Gasteiger partial charge in [0.05, 0.1) is 10.0 Å². The van der Waals surface area contributed by atoms with Gasteiger partial charge < -0.3 is 10.6 Å². The first kappa shape index (κ1) is 16.9. The fraction of sp³-hybridized carbons (Fsp3) is 0.533. The lowest BCUT2D eigenvalue weighted by Crippen LogP contribution is -2.46. The Balaban J connectivity index is 0.00000161. The molecule has 3 unspecified atom stereocenters. The van der Waals surface area contributed by atoms with Crippen LogP contribution in [0, 0.1) is 5.92 Å². The summed E-state index contributed by atoms with van der Waals surface area (Å²) in [5, 5.41) is 7.60. The highest BCUT2D eigenvalue weighted by molar-refractivity contribution is 6.42. The Bertz CT molecular complexity index is 518. The van der Waals surface area contributed by atoms with Crippen molar-refractivity contribution in [3.05, 3.63) is 33.8 Å². The van der Waals surface area contributed by atoms with Crippen LogP contribution in [0.2, 0.25) is 10.0 Å². The normalized spacial score (nSPS) is 27.6. The Kier molecular flexibility index (Phi) is 5.78. The first-order valence-electron chi connectivity index (χ1n) is 7.12. The molecule has 3 nitrogen and oxygen atoms in total. The minimum atomic E-state index is 0. The number of carbonyl (C=O) groups is 1. The lowest BCUT2D eigenvalue weighted by molar-refractivity contribution is -0.123. The maximum Gasteiger partial charge on any atom is 0.224 e. The van der Waals surface area contributed by atoms with E-state index in [1.54, 1.807) is 6.07 Å². The molecule has 1 aromatic carbocycles. The topological polar surface area (TPSA) is 41.1 Å². The van der Waals surface area contributed by atoms with E-state index in [1.165, 1.54) is 0 Å². The van der Waals surface area contributed by atoms with E-state index >= 15 is 0 Å². The number of amides is 1. The highest BCUT2D eigenvalue weighted by Gasteiger charge is 2.45. The predicted molar refractivity (Wildman–Crippen MR) is 88.6 cm³/mol. The summed E-state index contributed by atoms with van der Waals surface area (Å²) < 4.78 is 0. The van der Waals surface area contributed by atoms with Crippen LogP contribution in [0.3, 0.4) is 0 Å². The summed E-state index contributed by atoms with van der Waals surface area (Å²) in [6, 6.07) is 5.90. The fourth-order valence-corrected chi connectivity index (χ4v) is 3.37. The molecule has 1 aromatic rings. The molecule has 0 radical (unpaired) electrons. The molecule has 2 N–H and O–H groups in total. The van der Waals surface area contributed by atoms with Crippen LogP contribution in [-0.4, -0.2) is 25.0 Å². The number of nitrogens with one attached hydrogen (secondary N) is 2. The standard InChI is InChI=1S/C15H18Cl2N2O.ClH/c16-13-5-1-4-10(14(13)17)11-7-12(11)15(20)19-9-3-2-6-18-8-9;/h1,4-5,9,11-12,18H,2-3,6-8H2,(H,19,20);1H. The van der Waals surface area contributed by atoms with E-state index in [0.717, 1.165) is 37.9 Å². The van der Waals surface area contributed by atoms with Gasteiger partial charge in [0.15, 0.2) is 0 Å². The summed E-state index contributed by atoms with van der Waals surface area (Å²) in [4.78, 5) is 12.2. The van der Waals surface area contributed by atoms with Crippen LogP contribution in [0.1, 0.15) is 30.7 Å². The second-order valence-corrected chi connectivity index (χ2v) is 6.43. The largest absolute Gasteiger partial charge is 0.352 e. The molecule has 116 valence electrons. The molecule has 21 heavy (non-hydrogen) atoms. The molecule has 3 rings (SSSR count). The molecule has 3 atom stereocenters. The van der Waals surface area contributed by atoms with Crippen molar-refractivity contribution in [1.82, 2.24) is 10.6 Å². The zero-order chi connectivity index (χ0) is 14.1. The number of carbonyl (C=O) groups excluding carboxylic acids is 1. The van der Waals surface area contributed by atoms with Crippen molar-refractivity contribution >= 4 is 41.5 Å². The maximum absolute atomic E-state index is 12.2. The van der Waals surface area contributed by atoms with Gasteiger partial charge in [-0.2, -0.15) is 0 Å². The number of rotatable bonds is 3. The number of benzene rings is 1. The second kappa shape index (κ2) is 7.19. The van der Waals surface area contributed by atoms with E-state index in [9.17, 15) is 4.79 Å². The zero-order valence-corrected chi connectivity index (χ0v) is 13.9. The van der Waals surface area contributed by atoms with Gasteiger partial charge >= 0.3 is 0 Å². The minimum Gasteiger partial charge on any atom is -0.352 e. The molecule has 1 aliphatic heterocycles. The second-order valence-electron chi connectivity index (χ2n) is 5.64. The molecule has 0 aromatic heterocycles. The van der Waals surface area contributed by atoms with Crippen LogP contribution in [0.15, 0.2) is 18.2 Å². The van der Waals surface area contributed by atoms with Crippen molar-refractivity contribution in [3.63, 3.8) is 0 Å². The smallest absolute Gasteiger partial charge is 0.224 e.